The van der Waals surface area contributed by atoms with Gasteiger partial charge in [-0.25, -0.2) is 0 Å². The molecule has 2 atom stereocenters. The molecule has 1 aromatic carbocycles. The van der Waals surface area contributed by atoms with Gasteiger partial charge in [-0.05, 0) is 36.0 Å². The molecule has 5 nitrogen and oxygen atoms in total. The van der Waals surface area contributed by atoms with Crippen molar-refractivity contribution < 1.29 is 14.7 Å². The second kappa shape index (κ2) is 8.53. The van der Waals surface area contributed by atoms with Crippen LogP contribution in [0.4, 0.5) is 0 Å². The van der Waals surface area contributed by atoms with Gasteiger partial charge in [0.1, 0.15) is 6.04 Å². The molecule has 2 N–H and O–H groups in total. The predicted octanol–water partition coefficient (Wildman–Crippen LogP) is 1.90. The minimum Gasteiger partial charge on any atom is -0.394 e. The molecule has 0 aromatic heterocycles. The number of aliphatic hydroxyl groups is 1. The van der Waals surface area contributed by atoms with Gasteiger partial charge in [-0.15, -0.1) is 0 Å². The number of carbonyl (C=O) groups excluding carboxylic acids is 2. The molecule has 0 saturated heterocycles. The number of fused-ring (bicyclic) bond motifs is 1. The van der Waals surface area contributed by atoms with Gasteiger partial charge in [0, 0.05) is 12.1 Å². The lowest BCUT2D eigenvalue weighted by Gasteiger charge is -2.31. The lowest BCUT2D eigenvalue weighted by molar-refractivity contribution is -0.128. The molecular formula is C18H26N2O3S. The van der Waals surface area contributed by atoms with Gasteiger partial charge < -0.3 is 15.3 Å². The molecule has 1 aliphatic heterocycles. The Kier molecular flexibility index (Phi) is 6.69. The number of carbonyl (C=O) groups is 2. The Morgan fingerprint density at radius 1 is 1.38 bits per heavy atom. The van der Waals surface area contributed by atoms with Gasteiger partial charge in [-0.1, -0.05) is 32.0 Å². The van der Waals surface area contributed by atoms with Crippen LogP contribution < -0.4 is 5.32 Å². The number of aliphatic hydroxyl groups excluding tert-OH is 1. The summed E-state index contributed by atoms with van der Waals surface area (Å²) in [6.07, 6.45) is 2.70. The molecule has 24 heavy (non-hydrogen) atoms. The van der Waals surface area contributed by atoms with Crippen molar-refractivity contribution in [3.8, 4) is 0 Å². The number of hydrogen-bond donors (Lipinski definition) is 2. The van der Waals surface area contributed by atoms with Crippen molar-refractivity contribution >= 4 is 23.6 Å². The van der Waals surface area contributed by atoms with E-state index in [-0.39, 0.29) is 30.4 Å². The third-order valence-electron chi connectivity index (χ3n) is 4.32. The number of nitrogens with one attached hydrogen (secondary N) is 1. The lowest BCUT2D eigenvalue weighted by Crippen LogP contribution is -2.53. The maximum atomic E-state index is 12.8. The van der Waals surface area contributed by atoms with E-state index in [1.165, 1.54) is 0 Å². The average Bonchev–Trinajstić information content (AvgIpc) is 2.88. The van der Waals surface area contributed by atoms with E-state index >= 15 is 0 Å². The van der Waals surface area contributed by atoms with E-state index in [1.54, 1.807) is 16.7 Å². The zero-order valence-electron chi connectivity index (χ0n) is 14.5. The Hall–Kier alpha value is -1.53. The van der Waals surface area contributed by atoms with Gasteiger partial charge in [0.05, 0.1) is 12.6 Å². The van der Waals surface area contributed by atoms with Crippen LogP contribution in [0.15, 0.2) is 24.3 Å². The molecule has 0 saturated carbocycles. The van der Waals surface area contributed by atoms with Crippen LogP contribution in [-0.2, 0) is 11.3 Å². The van der Waals surface area contributed by atoms with Crippen LogP contribution in [0, 0.1) is 5.92 Å². The standard InChI is InChI=1S/C18H26N2O3S/c1-12(2)16(17(22)19-14(11-21)8-9-24-3)20-10-13-6-4-5-7-15(13)18(20)23/h4-7,12,14,16,21H,8-11H2,1-3H3,(H,19,22)/t14-,16-/m1/s1. The summed E-state index contributed by atoms with van der Waals surface area (Å²) in [6.45, 7) is 4.25. The van der Waals surface area contributed by atoms with Crippen LogP contribution >= 0.6 is 11.8 Å². The molecule has 2 amide bonds. The molecule has 1 aliphatic rings. The molecule has 1 heterocycles. The number of nitrogens with zero attached hydrogens (tertiary/aromatic N) is 1. The van der Waals surface area contributed by atoms with Crippen molar-refractivity contribution in [1.82, 2.24) is 10.2 Å². The van der Waals surface area contributed by atoms with Crippen LogP contribution in [0.5, 0.6) is 0 Å². The third-order valence-corrected chi connectivity index (χ3v) is 4.97. The maximum Gasteiger partial charge on any atom is 0.255 e. The summed E-state index contributed by atoms with van der Waals surface area (Å²) in [5.74, 6) is 0.574. The molecular weight excluding hydrogens is 324 g/mol. The van der Waals surface area contributed by atoms with E-state index in [9.17, 15) is 14.7 Å². The van der Waals surface area contributed by atoms with Gasteiger partial charge in [-0.2, -0.15) is 11.8 Å². The van der Waals surface area contributed by atoms with E-state index in [4.69, 9.17) is 0 Å². The highest BCUT2D eigenvalue weighted by molar-refractivity contribution is 7.98. The Balaban J connectivity index is 2.13. The van der Waals surface area contributed by atoms with E-state index < -0.39 is 6.04 Å². The topological polar surface area (TPSA) is 69.6 Å². The summed E-state index contributed by atoms with van der Waals surface area (Å²) < 4.78 is 0. The van der Waals surface area contributed by atoms with Crippen LogP contribution in [0.25, 0.3) is 0 Å². The molecule has 2 rings (SSSR count). The Morgan fingerprint density at radius 2 is 2.08 bits per heavy atom. The quantitative estimate of drug-likeness (QED) is 0.751. The van der Waals surface area contributed by atoms with Gasteiger partial charge in [0.25, 0.3) is 5.91 Å². The van der Waals surface area contributed by atoms with Crippen molar-refractivity contribution in [2.45, 2.75) is 38.9 Å². The lowest BCUT2D eigenvalue weighted by atomic mass is 10.0. The highest BCUT2D eigenvalue weighted by Gasteiger charge is 2.38. The Labute approximate surface area is 147 Å². The van der Waals surface area contributed by atoms with Gasteiger partial charge >= 0.3 is 0 Å². The summed E-state index contributed by atoms with van der Waals surface area (Å²) in [4.78, 5) is 27.1. The van der Waals surface area contributed by atoms with Gasteiger partial charge in [-0.3, -0.25) is 9.59 Å². The van der Waals surface area contributed by atoms with Gasteiger partial charge in [0.15, 0.2) is 0 Å². The first kappa shape index (κ1) is 18.8. The average molecular weight is 350 g/mol. The van der Waals surface area contributed by atoms with Crippen LogP contribution in [0.2, 0.25) is 0 Å². The molecule has 0 bridgehead atoms. The van der Waals surface area contributed by atoms with Crippen LogP contribution in [0.3, 0.4) is 0 Å². The molecule has 0 aliphatic carbocycles. The number of rotatable bonds is 8. The first-order valence-corrected chi connectivity index (χ1v) is 9.68. The number of hydrogen-bond acceptors (Lipinski definition) is 4. The molecule has 0 unspecified atom stereocenters. The maximum absolute atomic E-state index is 12.8. The first-order chi connectivity index (χ1) is 11.5. The summed E-state index contributed by atoms with van der Waals surface area (Å²) in [5, 5.41) is 12.4. The van der Waals surface area contributed by atoms with E-state index in [0.717, 1.165) is 11.3 Å². The minimum atomic E-state index is -0.534. The smallest absolute Gasteiger partial charge is 0.255 e. The fourth-order valence-corrected chi connectivity index (χ4v) is 3.58. The zero-order valence-corrected chi connectivity index (χ0v) is 15.3. The molecule has 0 radical (unpaired) electrons. The van der Waals surface area contributed by atoms with E-state index in [1.807, 2.05) is 44.4 Å². The fourth-order valence-electron chi connectivity index (χ4n) is 3.06. The summed E-state index contributed by atoms with van der Waals surface area (Å²) in [7, 11) is 0. The van der Waals surface area contributed by atoms with Gasteiger partial charge in [0.2, 0.25) is 5.91 Å². The summed E-state index contributed by atoms with van der Waals surface area (Å²) >= 11 is 1.68. The second-order valence-electron chi connectivity index (χ2n) is 6.45. The molecule has 1 aromatic rings. The number of benzene rings is 1. The van der Waals surface area contributed by atoms with E-state index in [0.29, 0.717) is 18.5 Å². The first-order valence-electron chi connectivity index (χ1n) is 8.28. The summed E-state index contributed by atoms with van der Waals surface area (Å²) in [5.41, 5.74) is 1.64. The molecule has 0 spiro atoms. The Morgan fingerprint density at radius 3 is 2.67 bits per heavy atom. The van der Waals surface area contributed by atoms with Crippen molar-refractivity contribution in [2.75, 3.05) is 18.6 Å². The highest BCUT2D eigenvalue weighted by Crippen LogP contribution is 2.27. The van der Waals surface area contributed by atoms with Crippen molar-refractivity contribution in [2.24, 2.45) is 5.92 Å². The number of amides is 2. The number of thioether (sulfide) groups is 1. The van der Waals surface area contributed by atoms with Crippen molar-refractivity contribution in [1.29, 1.82) is 0 Å². The minimum absolute atomic E-state index is 0.0110. The molecule has 6 heteroatoms. The molecule has 132 valence electrons. The molecule has 0 fully saturated rings. The predicted molar refractivity (Wildman–Crippen MR) is 97.0 cm³/mol. The fraction of sp³-hybridized carbons (Fsp3) is 0.556. The largest absolute Gasteiger partial charge is 0.394 e. The summed E-state index contributed by atoms with van der Waals surface area (Å²) in [6, 6.07) is 6.68. The van der Waals surface area contributed by atoms with Crippen LogP contribution in [0.1, 0.15) is 36.2 Å². The third kappa shape index (κ3) is 4.11. The Bertz CT molecular complexity index is 591. The highest BCUT2D eigenvalue weighted by atomic mass is 32.2. The SMILES string of the molecule is CSCC[C@H](CO)NC(=O)[C@@H](C(C)C)N1Cc2ccccc2C1=O. The van der Waals surface area contributed by atoms with Crippen LogP contribution in [-0.4, -0.2) is 52.5 Å². The normalized spacial score (nSPS) is 16.2. The second-order valence-corrected chi connectivity index (χ2v) is 7.43. The van der Waals surface area contributed by atoms with E-state index in [2.05, 4.69) is 5.32 Å². The monoisotopic (exact) mass is 350 g/mol. The van der Waals surface area contributed by atoms with Crippen molar-refractivity contribution in [3.63, 3.8) is 0 Å². The zero-order chi connectivity index (χ0) is 17.7. The van der Waals surface area contributed by atoms with Crippen molar-refractivity contribution in [3.05, 3.63) is 35.4 Å².